The number of para-hydroxylation sites is 1. The van der Waals surface area contributed by atoms with Crippen LogP contribution in [0.15, 0.2) is 54.6 Å². The van der Waals surface area contributed by atoms with Gasteiger partial charge in [0.1, 0.15) is 0 Å². The second kappa shape index (κ2) is 6.25. The molecule has 0 amide bonds. The molecule has 7 heteroatoms. The number of rotatable bonds is 4. The van der Waals surface area contributed by atoms with E-state index in [-0.39, 0.29) is 11.4 Å². The number of fused-ring (bicyclic) bond motifs is 1. The van der Waals surface area contributed by atoms with Gasteiger partial charge < -0.3 is 0 Å². The fourth-order valence-corrected chi connectivity index (χ4v) is 2.38. The van der Waals surface area contributed by atoms with E-state index in [1.54, 1.807) is 54.6 Å². The first-order valence-corrected chi connectivity index (χ1v) is 7.02. The van der Waals surface area contributed by atoms with Crippen molar-refractivity contribution in [3.8, 4) is 0 Å². The topological polar surface area (TPSA) is 99.2 Å². The van der Waals surface area contributed by atoms with Crippen molar-refractivity contribution in [3.05, 3.63) is 86.1 Å². The van der Waals surface area contributed by atoms with Crippen molar-refractivity contribution in [2.24, 2.45) is 0 Å². The molecule has 0 saturated carbocycles. The lowest BCUT2D eigenvalue weighted by molar-refractivity contribution is -0.385. The minimum absolute atomic E-state index is 0.00479. The molecule has 2 aromatic carbocycles. The first kappa shape index (κ1) is 15.3. The number of hydrogen-bond acceptors (Lipinski definition) is 5. The number of non-ortho nitro benzene ring substituents is 1. The van der Waals surface area contributed by atoms with Gasteiger partial charge in [0, 0.05) is 12.1 Å². The predicted molar refractivity (Wildman–Crippen MR) is 90.4 cm³/mol. The summed E-state index contributed by atoms with van der Waals surface area (Å²) in [4.78, 5) is 25.5. The summed E-state index contributed by atoms with van der Waals surface area (Å²) in [5.74, 6) is 0. The Kier molecular flexibility index (Phi) is 3.98. The second-order valence-electron chi connectivity index (χ2n) is 4.99. The van der Waals surface area contributed by atoms with Gasteiger partial charge in [-0.3, -0.25) is 20.2 Å². The summed E-state index contributed by atoms with van der Waals surface area (Å²) in [6.07, 6.45) is 3.24. The standard InChI is InChI=1S/C17H11N3O4/c21-19(22)16-6-2-1-4-12(16)8-9-13-10-11-14-15(18-13)5-3-7-17(14)20(23)24/h1-11H/b9-8+. The van der Waals surface area contributed by atoms with Crippen molar-refractivity contribution < 1.29 is 9.85 Å². The molecule has 7 nitrogen and oxygen atoms in total. The number of benzene rings is 2. The summed E-state index contributed by atoms with van der Waals surface area (Å²) in [7, 11) is 0. The van der Waals surface area contributed by atoms with E-state index in [2.05, 4.69) is 4.98 Å². The zero-order valence-electron chi connectivity index (χ0n) is 12.3. The monoisotopic (exact) mass is 321 g/mol. The summed E-state index contributed by atoms with van der Waals surface area (Å²) >= 11 is 0. The van der Waals surface area contributed by atoms with Crippen LogP contribution in [0, 0.1) is 20.2 Å². The Balaban J connectivity index is 2.00. The third-order valence-electron chi connectivity index (χ3n) is 3.49. The fourth-order valence-electron chi connectivity index (χ4n) is 2.38. The molecule has 118 valence electrons. The number of aromatic nitrogens is 1. The van der Waals surface area contributed by atoms with Gasteiger partial charge in [0.15, 0.2) is 0 Å². The van der Waals surface area contributed by atoms with E-state index in [1.807, 2.05) is 0 Å². The molecule has 3 aromatic rings. The van der Waals surface area contributed by atoms with Crippen molar-refractivity contribution in [2.45, 2.75) is 0 Å². The lowest BCUT2D eigenvalue weighted by Crippen LogP contribution is -1.92. The Bertz CT molecular complexity index is 982. The summed E-state index contributed by atoms with van der Waals surface area (Å²) < 4.78 is 0. The first-order valence-electron chi connectivity index (χ1n) is 7.02. The molecule has 0 fully saturated rings. The molecule has 1 heterocycles. The van der Waals surface area contributed by atoms with Crippen LogP contribution >= 0.6 is 0 Å². The SMILES string of the molecule is O=[N+]([O-])c1ccccc1/C=C/c1ccc2c([N+](=O)[O-])cccc2n1. The number of hydrogen-bond donors (Lipinski definition) is 0. The first-order chi connectivity index (χ1) is 11.6. The second-order valence-corrected chi connectivity index (χ2v) is 4.99. The zero-order chi connectivity index (χ0) is 17.1. The van der Waals surface area contributed by atoms with Crippen LogP contribution in [-0.4, -0.2) is 14.8 Å². The van der Waals surface area contributed by atoms with E-state index in [0.29, 0.717) is 22.2 Å². The normalized spacial score (nSPS) is 11.0. The Hall–Kier alpha value is -3.61. The van der Waals surface area contributed by atoms with Crippen molar-refractivity contribution in [1.82, 2.24) is 4.98 Å². The van der Waals surface area contributed by atoms with Gasteiger partial charge in [0.2, 0.25) is 0 Å². The van der Waals surface area contributed by atoms with Gasteiger partial charge >= 0.3 is 0 Å². The van der Waals surface area contributed by atoms with Gasteiger partial charge in [-0.05, 0) is 36.4 Å². The van der Waals surface area contributed by atoms with E-state index in [9.17, 15) is 20.2 Å². The number of nitrogens with zero attached hydrogens (tertiary/aromatic N) is 3. The predicted octanol–water partition coefficient (Wildman–Crippen LogP) is 4.22. The van der Waals surface area contributed by atoms with Crippen molar-refractivity contribution in [3.63, 3.8) is 0 Å². The molecule has 3 rings (SSSR count). The van der Waals surface area contributed by atoms with Gasteiger partial charge in [0.05, 0.1) is 32.0 Å². The molecular formula is C17H11N3O4. The summed E-state index contributed by atoms with van der Waals surface area (Å²) in [6, 6.07) is 14.3. The van der Waals surface area contributed by atoms with Crippen LogP contribution in [-0.2, 0) is 0 Å². The van der Waals surface area contributed by atoms with E-state index in [1.165, 1.54) is 12.1 Å². The Morgan fingerprint density at radius 1 is 0.792 bits per heavy atom. The van der Waals surface area contributed by atoms with Crippen LogP contribution in [0.1, 0.15) is 11.3 Å². The smallest absolute Gasteiger partial charge is 0.258 e. The molecular weight excluding hydrogens is 310 g/mol. The van der Waals surface area contributed by atoms with E-state index < -0.39 is 9.85 Å². The van der Waals surface area contributed by atoms with Gasteiger partial charge in [0.25, 0.3) is 11.4 Å². The highest BCUT2D eigenvalue weighted by molar-refractivity contribution is 5.89. The Morgan fingerprint density at radius 2 is 1.50 bits per heavy atom. The molecule has 0 unspecified atom stereocenters. The maximum Gasteiger partial charge on any atom is 0.278 e. The van der Waals surface area contributed by atoms with Crippen molar-refractivity contribution in [2.75, 3.05) is 0 Å². The molecule has 0 bridgehead atoms. The van der Waals surface area contributed by atoms with Gasteiger partial charge in [-0.2, -0.15) is 0 Å². The molecule has 0 saturated heterocycles. The van der Waals surface area contributed by atoms with Gasteiger partial charge in [-0.1, -0.05) is 18.2 Å². The van der Waals surface area contributed by atoms with E-state index in [4.69, 9.17) is 0 Å². The largest absolute Gasteiger partial charge is 0.278 e. The van der Waals surface area contributed by atoms with Crippen LogP contribution in [0.25, 0.3) is 23.1 Å². The van der Waals surface area contributed by atoms with Crippen LogP contribution < -0.4 is 0 Å². The van der Waals surface area contributed by atoms with Crippen molar-refractivity contribution in [1.29, 1.82) is 0 Å². The summed E-state index contributed by atoms with van der Waals surface area (Å²) in [5.41, 5.74) is 1.51. The third kappa shape index (κ3) is 2.95. The molecule has 0 aliphatic carbocycles. The lowest BCUT2D eigenvalue weighted by atomic mass is 10.1. The van der Waals surface area contributed by atoms with E-state index >= 15 is 0 Å². The zero-order valence-corrected chi connectivity index (χ0v) is 12.3. The number of pyridine rings is 1. The van der Waals surface area contributed by atoms with Crippen LogP contribution in [0.3, 0.4) is 0 Å². The highest BCUT2D eigenvalue weighted by atomic mass is 16.6. The van der Waals surface area contributed by atoms with Crippen LogP contribution in [0.4, 0.5) is 11.4 Å². The van der Waals surface area contributed by atoms with Crippen LogP contribution in [0.2, 0.25) is 0 Å². The molecule has 0 aliphatic rings. The minimum atomic E-state index is -0.452. The average molecular weight is 321 g/mol. The molecule has 0 atom stereocenters. The average Bonchev–Trinajstić information content (AvgIpc) is 2.59. The summed E-state index contributed by atoms with van der Waals surface area (Å²) in [5, 5.41) is 22.5. The number of nitro benzene ring substituents is 2. The number of nitro groups is 2. The Morgan fingerprint density at radius 3 is 2.25 bits per heavy atom. The maximum atomic E-state index is 11.0. The Labute approximate surface area is 136 Å². The molecule has 0 aliphatic heterocycles. The molecule has 0 spiro atoms. The lowest BCUT2D eigenvalue weighted by Gasteiger charge is -2.01. The fraction of sp³-hybridized carbons (Fsp3) is 0. The van der Waals surface area contributed by atoms with E-state index in [0.717, 1.165) is 0 Å². The highest BCUT2D eigenvalue weighted by Gasteiger charge is 2.12. The molecule has 0 radical (unpaired) electrons. The quantitative estimate of drug-likeness (QED) is 0.529. The molecule has 24 heavy (non-hydrogen) atoms. The third-order valence-corrected chi connectivity index (χ3v) is 3.49. The highest BCUT2D eigenvalue weighted by Crippen LogP contribution is 2.25. The molecule has 0 N–H and O–H groups in total. The van der Waals surface area contributed by atoms with Gasteiger partial charge in [-0.15, -0.1) is 0 Å². The van der Waals surface area contributed by atoms with Crippen LogP contribution in [0.5, 0.6) is 0 Å². The van der Waals surface area contributed by atoms with Gasteiger partial charge in [-0.25, -0.2) is 4.98 Å². The van der Waals surface area contributed by atoms with Crippen molar-refractivity contribution >= 4 is 34.4 Å². The molecule has 1 aromatic heterocycles. The summed E-state index contributed by atoms with van der Waals surface area (Å²) in [6.45, 7) is 0. The minimum Gasteiger partial charge on any atom is -0.258 e. The maximum absolute atomic E-state index is 11.0.